The first kappa shape index (κ1) is 15.8. The molecule has 0 saturated carbocycles. The predicted molar refractivity (Wildman–Crippen MR) is 79.8 cm³/mol. The second-order valence-electron chi connectivity index (χ2n) is 4.62. The normalized spacial score (nSPS) is 10.5. The van der Waals surface area contributed by atoms with Gasteiger partial charge in [-0.1, -0.05) is 6.07 Å². The van der Waals surface area contributed by atoms with Gasteiger partial charge in [0.05, 0.1) is 7.11 Å². The van der Waals surface area contributed by atoms with Gasteiger partial charge in [0.15, 0.2) is 0 Å². The van der Waals surface area contributed by atoms with Crippen LogP contribution in [-0.2, 0) is 0 Å². The molecule has 19 heavy (non-hydrogen) atoms. The van der Waals surface area contributed by atoms with E-state index in [1.807, 2.05) is 12.1 Å². The maximum absolute atomic E-state index is 8.81. The molecular weight excluding hydrogens is 240 g/mol. The van der Waals surface area contributed by atoms with Crippen LogP contribution in [0.5, 0.6) is 5.75 Å². The molecule has 0 amide bonds. The van der Waals surface area contributed by atoms with Crippen LogP contribution in [0, 0.1) is 0 Å². The van der Waals surface area contributed by atoms with Crippen molar-refractivity contribution in [2.24, 2.45) is 5.73 Å². The highest BCUT2D eigenvalue weighted by Crippen LogP contribution is 2.21. The first-order valence-corrected chi connectivity index (χ1v) is 7.01. The van der Waals surface area contributed by atoms with Crippen LogP contribution in [0.2, 0.25) is 0 Å². The number of anilines is 1. The first-order chi connectivity index (χ1) is 9.31. The lowest BCUT2D eigenvalue weighted by Crippen LogP contribution is -2.27. The fourth-order valence-electron chi connectivity index (χ4n) is 2.05. The molecule has 1 rings (SSSR count). The zero-order chi connectivity index (χ0) is 13.9. The molecule has 1 aromatic carbocycles. The highest BCUT2D eigenvalue weighted by molar-refractivity contribution is 5.50. The molecule has 0 aliphatic carbocycles. The summed E-state index contributed by atoms with van der Waals surface area (Å²) in [5, 5.41) is 8.81. The number of rotatable bonds is 10. The monoisotopic (exact) mass is 266 g/mol. The Labute approximate surface area is 116 Å². The zero-order valence-electron chi connectivity index (χ0n) is 11.8. The molecule has 108 valence electrons. The van der Waals surface area contributed by atoms with Crippen LogP contribution in [0.1, 0.15) is 25.7 Å². The Morgan fingerprint density at radius 2 is 1.95 bits per heavy atom. The van der Waals surface area contributed by atoms with Crippen LogP contribution in [0.15, 0.2) is 24.3 Å². The Morgan fingerprint density at radius 3 is 2.63 bits per heavy atom. The number of nitrogens with two attached hydrogens (primary N) is 1. The topological polar surface area (TPSA) is 58.7 Å². The quantitative estimate of drug-likeness (QED) is 0.636. The molecule has 4 heteroatoms. The number of unbranched alkanes of at least 4 members (excludes halogenated alkanes) is 2. The van der Waals surface area contributed by atoms with E-state index in [9.17, 15) is 0 Å². The number of hydrogen-bond acceptors (Lipinski definition) is 4. The van der Waals surface area contributed by atoms with Crippen molar-refractivity contribution in [3.05, 3.63) is 24.3 Å². The minimum absolute atomic E-state index is 0.280. The average Bonchev–Trinajstić information content (AvgIpc) is 2.46. The molecule has 3 N–H and O–H groups in total. The second kappa shape index (κ2) is 9.64. The summed E-state index contributed by atoms with van der Waals surface area (Å²) in [4.78, 5) is 2.34. The van der Waals surface area contributed by atoms with Gasteiger partial charge in [0.2, 0.25) is 0 Å². The van der Waals surface area contributed by atoms with Gasteiger partial charge in [0.25, 0.3) is 0 Å². The smallest absolute Gasteiger partial charge is 0.120 e. The molecule has 0 heterocycles. The van der Waals surface area contributed by atoms with Gasteiger partial charge < -0.3 is 20.5 Å². The Balaban J connectivity index is 2.60. The van der Waals surface area contributed by atoms with Crippen molar-refractivity contribution < 1.29 is 9.84 Å². The van der Waals surface area contributed by atoms with Gasteiger partial charge in [-0.15, -0.1) is 0 Å². The Kier molecular flexibility index (Phi) is 8.02. The first-order valence-electron chi connectivity index (χ1n) is 7.01. The summed E-state index contributed by atoms with van der Waals surface area (Å²) < 4.78 is 5.27. The highest BCUT2D eigenvalue weighted by atomic mass is 16.5. The number of ether oxygens (including phenoxy) is 1. The van der Waals surface area contributed by atoms with E-state index in [0.717, 1.165) is 44.5 Å². The fraction of sp³-hybridized carbons (Fsp3) is 0.600. The average molecular weight is 266 g/mol. The van der Waals surface area contributed by atoms with Crippen LogP contribution in [-0.4, -0.2) is 38.5 Å². The van der Waals surface area contributed by atoms with Crippen molar-refractivity contribution in [2.75, 3.05) is 38.3 Å². The zero-order valence-corrected chi connectivity index (χ0v) is 11.8. The largest absolute Gasteiger partial charge is 0.497 e. The van der Waals surface area contributed by atoms with Gasteiger partial charge in [-0.2, -0.15) is 0 Å². The molecule has 1 aromatic rings. The molecule has 0 spiro atoms. The number of hydrogen-bond donors (Lipinski definition) is 2. The molecule has 0 aliphatic rings. The van der Waals surface area contributed by atoms with E-state index in [1.54, 1.807) is 7.11 Å². The molecule has 0 aliphatic heterocycles. The number of nitrogens with zero attached hydrogens (tertiary/aromatic N) is 1. The van der Waals surface area contributed by atoms with Crippen LogP contribution in [0.25, 0.3) is 0 Å². The van der Waals surface area contributed by atoms with Crippen molar-refractivity contribution in [3.63, 3.8) is 0 Å². The van der Waals surface area contributed by atoms with E-state index in [2.05, 4.69) is 17.0 Å². The Hall–Kier alpha value is -1.26. The van der Waals surface area contributed by atoms with Crippen LogP contribution >= 0.6 is 0 Å². The summed E-state index contributed by atoms with van der Waals surface area (Å²) in [5.41, 5.74) is 6.78. The molecule has 0 atom stereocenters. The molecule has 4 nitrogen and oxygen atoms in total. The van der Waals surface area contributed by atoms with Gasteiger partial charge in [-0.25, -0.2) is 0 Å². The van der Waals surface area contributed by atoms with Gasteiger partial charge in [-0.3, -0.25) is 0 Å². The molecule has 0 saturated heterocycles. The van der Waals surface area contributed by atoms with Crippen LogP contribution in [0.3, 0.4) is 0 Å². The third-order valence-corrected chi connectivity index (χ3v) is 3.14. The van der Waals surface area contributed by atoms with E-state index >= 15 is 0 Å². The van der Waals surface area contributed by atoms with Crippen molar-refractivity contribution >= 4 is 5.69 Å². The van der Waals surface area contributed by atoms with Gasteiger partial charge >= 0.3 is 0 Å². The maximum Gasteiger partial charge on any atom is 0.120 e. The summed E-state index contributed by atoms with van der Waals surface area (Å²) >= 11 is 0. The number of benzene rings is 1. The summed E-state index contributed by atoms with van der Waals surface area (Å²) in [6.07, 6.45) is 4.00. The second-order valence-corrected chi connectivity index (χ2v) is 4.62. The van der Waals surface area contributed by atoms with E-state index in [4.69, 9.17) is 15.6 Å². The number of aliphatic hydroxyl groups excluding tert-OH is 1. The fourth-order valence-corrected chi connectivity index (χ4v) is 2.05. The van der Waals surface area contributed by atoms with Crippen molar-refractivity contribution in [2.45, 2.75) is 25.7 Å². The lowest BCUT2D eigenvalue weighted by atomic mass is 10.2. The van der Waals surface area contributed by atoms with E-state index in [0.29, 0.717) is 6.54 Å². The van der Waals surface area contributed by atoms with Gasteiger partial charge in [-0.05, 0) is 44.4 Å². The van der Waals surface area contributed by atoms with Crippen molar-refractivity contribution in [1.82, 2.24) is 0 Å². The summed E-state index contributed by atoms with van der Waals surface area (Å²) in [6, 6.07) is 8.13. The van der Waals surface area contributed by atoms with E-state index in [-0.39, 0.29) is 6.61 Å². The minimum Gasteiger partial charge on any atom is -0.497 e. The standard InChI is InChI=1S/C15H26N2O2/c1-19-15-8-5-7-14(13-15)17(11-6-9-16)10-3-2-4-12-18/h5,7-8,13,18H,2-4,6,9-12,16H2,1H3. The van der Waals surface area contributed by atoms with Gasteiger partial charge in [0, 0.05) is 31.5 Å². The van der Waals surface area contributed by atoms with E-state index in [1.165, 1.54) is 5.69 Å². The maximum atomic E-state index is 8.81. The third kappa shape index (κ3) is 5.94. The van der Waals surface area contributed by atoms with Crippen LogP contribution in [0.4, 0.5) is 5.69 Å². The van der Waals surface area contributed by atoms with Crippen LogP contribution < -0.4 is 15.4 Å². The third-order valence-electron chi connectivity index (χ3n) is 3.14. The Bertz CT molecular complexity index is 345. The molecule has 0 bridgehead atoms. The summed E-state index contributed by atoms with van der Waals surface area (Å²) in [6.45, 7) is 2.94. The van der Waals surface area contributed by atoms with Crippen molar-refractivity contribution in [1.29, 1.82) is 0 Å². The molecular formula is C15H26N2O2. The Morgan fingerprint density at radius 1 is 1.16 bits per heavy atom. The summed E-state index contributed by atoms with van der Waals surface area (Å²) in [5.74, 6) is 0.880. The summed E-state index contributed by atoms with van der Waals surface area (Å²) in [7, 11) is 1.69. The number of methoxy groups -OCH3 is 1. The van der Waals surface area contributed by atoms with Gasteiger partial charge in [0.1, 0.15) is 5.75 Å². The SMILES string of the molecule is COc1cccc(N(CCCN)CCCCCO)c1. The van der Waals surface area contributed by atoms with Crippen molar-refractivity contribution in [3.8, 4) is 5.75 Å². The van der Waals surface area contributed by atoms with E-state index < -0.39 is 0 Å². The molecule has 0 radical (unpaired) electrons. The molecule has 0 aromatic heterocycles. The lowest BCUT2D eigenvalue weighted by Gasteiger charge is -2.25. The lowest BCUT2D eigenvalue weighted by molar-refractivity contribution is 0.283. The molecule has 0 fully saturated rings. The highest BCUT2D eigenvalue weighted by Gasteiger charge is 2.06. The molecule has 0 unspecified atom stereocenters. The predicted octanol–water partition coefficient (Wildman–Crippen LogP) is 2.01. The minimum atomic E-state index is 0.280. The number of aliphatic hydroxyl groups is 1.